The van der Waals surface area contributed by atoms with E-state index >= 15 is 0 Å². The third-order valence-corrected chi connectivity index (χ3v) is 13.3. The maximum atomic E-state index is 6.62. The van der Waals surface area contributed by atoms with Crippen LogP contribution in [0.1, 0.15) is 103 Å². The Labute approximate surface area is 344 Å². The number of hydrogen-bond acceptors (Lipinski definition) is 2. The van der Waals surface area contributed by atoms with E-state index in [2.05, 4.69) is 208 Å². The Morgan fingerprint density at radius 1 is 0.483 bits per heavy atom. The predicted molar refractivity (Wildman–Crippen MR) is 246 cm³/mol. The van der Waals surface area contributed by atoms with E-state index < -0.39 is 0 Å². The zero-order chi connectivity index (χ0) is 40.5. The minimum atomic E-state index is -0.197. The van der Waals surface area contributed by atoms with Gasteiger partial charge >= 0.3 is 0 Å². The van der Waals surface area contributed by atoms with Crippen LogP contribution in [-0.2, 0) is 21.7 Å². The fourth-order valence-corrected chi connectivity index (χ4v) is 10.3. The van der Waals surface area contributed by atoms with Crippen LogP contribution in [0.5, 0.6) is 0 Å². The van der Waals surface area contributed by atoms with Crippen LogP contribution in [0.25, 0.3) is 55.3 Å². The molecule has 0 saturated carbocycles. The summed E-state index contributed by atoms with van der Waals surface area (Å²) in [6, 6.07) is 52.1. The zero-order valence-corrected chi connectivity index (χ0v) is 35.6. The van der Waals surface area contributed by atoms with Crippen LogP contribution >= 0.6 is 0 Å². The third-order valence-electron chi connectivity index (χ3n) is 13.3. The molecule has 2 heteroatoms. The van der Waals surface area contributed by atoms with Gasteiger partial charge in [0.15, 0.2) is 0 Å². The van der Waals surface area contributed by atoms with Crippen molar-refractivity contribution in [2.24, 2.45) is 0 Å². The first-order valence-corrected chi connectivity index (χ1v) is 20.9. The standard InChI is InChI=1S/C56H53NO/c1-53(2,3)35-32-41-50-44(56(9,10)51(41)45(33-35)54(4,5)6)27-18-29-47(50)57(46-28-17-26-43-49(46)40-22-11-13-25-42(40)55(43,7)8)36-20-15-19-34(31-36)37-23-16-24-39-38-21-12-14-30-48(38)58-52(37)39/h11-33H,1-10H3. The molecule has 7 aromatic carbocycles. The number of para-hydroxylation sites is 2. The van der Waals surface area contributed by atoms with Crippen LogP contribution in [0.3, 0.4) is 0 Å². The second-order valence-corrected chi connectivity index (χ2v) is 19.8. The average Bonchev–Trinajstić information content (AvgIpc) is 3.78. The van der Waals surface area contributed by atoms with Crippen molar-refractivity contribution in [2.75, 3.05) is 4.90 Å². The Balaban J connectivity index is 1.29. The summed E-state index contributed by atoms with van der Waals surface area (Å²) in [6.45, 7) is 23.8. The first-order valence-electron chi connectivity index (χ1n) is 20.9. The highest BCUT2D eigenvalue weighted by atomic mass is 16.3. The maximum Gasteiger partial charge on any atom is 0.143 e. The van der Waals surface area contributed by atoms with E-state index in [0.717, 1.165) is 38.8 Å². The Hall–Kier alpha value is -5.86. The molecule has 0 atom stereocenters. The second-order valence-electron chi connectivity index (χ2n) is 19.8. The van der Waals surface area contributed by atoms with E-state index in [1.807, 2.05) is 6.07 Å². The van der Waals surface area contributed by atoms with Crippen LogP contribution in [0.4, 0.5) is 17.1 Å². The highest BCUT2D eigenvalue weighted by Crippen LogP contribution is 2.60. The highest BCUT2D eigenvalue weighted by molar-refractivity contribution is 6.10. The summed E-state index contributed by atoms with van der Waals surface area (Å²) in [7, 11) is 0. The molecule has 0 aliphatic heterocycles. The SMILES string of the molecule is CC(C)(C)c1cc2c(c(C(C)(C)C)c1)C(C)(C)c1cccc(N(c3cccc(-c4cccc5c4oc4ccccc45)c3)c3cccc4c3-c3ccccc3C4(C)C)c1-2. The summed E-state index contributed by atoms with van der Waals surface area (Å²) in [5.41, 5.74) is 20.8. The van der Waals surface area contributed by atoms with Gasteiger partial charge in [-0.05, 0) is 91.2 Å². The fraction of sp³-hybridized carbons (Fsp3) is 0.250. The molecule has 0 unspecified atom stereocenters. The van der Waals surface area contributed by atoms with Gasteiger partial charge in [-0.1, -0.05) is 178 Å². The second kappa shape index (κ2) is 12.3. The van der Waals surface area contributed by atoms with Crippen LogP contribution in [0, 0.1) is 0 Å². The first kappa shape index (κ1) is 36.5. The fourth-order valence-electron chi connectivity index (χ4n) is 10.3. The summed E-state index contributed by atoms with van der Waals surface area (Å²) < 4.78 is 6.62. The molecule has 2 aliphatic rings. The summed E-state index contributed by atoms with van der Waals surface area (Å²) in [6.07, 6.45) is 0. The van der Waals surface area contributed by atoms with Gasteiger partial charge in [-0.15, -0.1) is 0 Å². The van der Waals surface area contributed by atoms with Gasteiger partial charge in [-0.25, -0.2) is 0 Å². The summed E-state index contributed by atoms with van der Waals surface area (Å²) >= 11 is 0. The molecule has 2 nitrogen and oxygen atoms in total. The molecule has 2 aliphatic carbocycles. The van der Waals surface area contributed by atoms with Crippen molar-refractivity contribution in [3.63, 3.8) is 0 Å². The van der Waals surface area contributed by atoms with Crippen molar-refractivity contribution in [2.45, 2.75) is 90.9 Å². The molecular weight excluding hydrogens is 703 g/mol. The van der Waals surface area contributed by atoms with Crippen LogP contribution < -0.4 is 4.90 Å². The molecule has 1 aromatic heterocycles. The Morgan fingerprint density at radius 2 is 1.07 bits per heavy atom. The van der Waals surface area contributed by atoms with Gasteiger partial charge in [-0.3, -0.25) is 0 Å². The van der Waals surface area contributed by atoms with E-state index in [1.165, 1.54) is 67.0 Å². The monoisotopic (exact) mass is 755 g/mol. The highest BCUT2D eigenvalue weighted by Gasteiger charge is 2.43. The molecule has 0 spiro atoms. The van der Waals surface area contributed by atoms with E-state index in [0.29, 0.717) is 0 Å². The van der Waals surface area contributed by atoms with Crippen molar-refractivity contribution in [1.29, 1.82) is 0 Å². The summed E-state index contributed by atoms with van der Waals surface area (Å²) in [5, 5.41) is 2.28. The largest absolute Gasteiger partial charge is 0.455 e. The predicted octanol–water partition coefficient (Wildman–Crippen LogP) is 15.9. The lowest BCUT2D eigenvalue weighted by Crippen LogP contribution is -2.24. The van der Waals surface area contributed by atoms with Crippen LogP contribution in [-0.4, -0.2) is 0 Å². The zero-order valence-electron chi connectivity index (χ0n) is 35.6. The van der Waals surface area contributed by atoms with Crippen molar-refractivity contribution in [1.82, 2.24) is 0 Å². The van der Waals surface area contributed by atoms with E-state index in [9.17, 15) is 0 Å². The lowest BCUT2D eigenvalue weighted by Gasteiger charge is -2.32. The lowest BCUT2D eigenvalue weighted by atomic mass is 9.71. The van der Waals surface area contributed by atoms with Gasteiger partial charge < -0.3 is 9.32 Å². The number of anilines is 3. The topological polar surface area (TPSA) is 16.4 Å². The summed E-state index contributed by atoms with van der Waals surface area (Å²) in [4.78, 5) is 2.57. The molecule has 0 amide bonds. The first-order chi connectivity index (χ1) is 27.6. The molecule has 0 saturated heterocycles. The molecule has 0 radical (unpaired) electrons. The Bertz CT molecular complexity index is 2970. The van der Waals surface area contributed by atoms with Crippen molar-refractivity contribution in [3.8, 4) is 33.4 Å². The minimum absolute atomic E-state index is 0.0158. The van der Waals surface area contributed by atoms with E-state index in [4.69, 9.17) is 4.42 Å². The van der Waals surface area contributed by atoms with Gasteiger partial charge in [0.25, 0.3) is 0 Å². The quantitative estimate of drug-likeness (QED) is 0.178. The molecule has 1 heterocycles. The average molecular weight is 756 g/mol. The van der Waals surface area contributed by atoms with Crippen molar-refractivity contribution < 1.29 is 4.42 Å². The number of hydrogen-bond donors (Lipinski definition) is 0. The maximum absolute atomic E-state index is 6.62. The molecule has 58 heavy (non-hydrogen) atoms. The number of nitrogens with zero attached hydrogens (tertiary/aromatic N) is 1. The molecule has 0 N–H and O–H groups in total. The smallest absolute Gasteiger partial charge is 0.143 e. The van der Waals surface area contributed by atoms with Crippen LogP contribution in [0.2, 0.25) is 0 Å². The molecule has 0 bridgehead atoms. The van der Waals surface area contributed by atoms with Gasteiger partial charge in [0.2, 0.25) is 0 Å². The van der Waals surface area contributed by atoms with Gasteiger partial charge in [0, 0.05) is 44.0 Å². The molecule has 288 valence electrons. The van der Waals surface area contributed by atoms with Gasteiger partial charge in [0.1, 0.15) is 11.2 Å². The number of furan rings is 1. The Morgan fingerprint density at radius 3 is 1.79 bits per heavy atom. The number of benzene rings is 7. The molecule has 8 aromatic rings. The Kier molecular flexibility index (Phi) is 7.75. The van der Waals surface area contributed by atoms with Gasteiger partial charge in [-0.2, -0.15) is 0 Å². The number of fused-ring (bicyclic) bond motifs is 9. The van der Waals surface area contributed by atoms with E-state index in [-0.39, 0.29) is 21.7 Å². The third kappa shape index (κ3) is 5.23. The number of rotatable bonds is 4. The molecule has 10 rings (SSSR count). The minimum Gasteiger partial charge on any atom is -0.455 e. The molecule has 0 fully saturated rings. The lowest BCUT2D eigenvalue weighted by molar-refractivity contribution is 0.545. The van der Waals surface area contributed by atoms with Gasteiger partial charge in [0.05, 0.1) is 11.4 Å². The molecular formula is C56H53NO. The summed E-state index contributed by atoms with van der Waals surface area (Å²) in [5.74, 6) is 0. The van der Waals surface area contributed by atoms with Crippen molar-refractivity contribution >= 4 is 39.0 Å². The normalized spacial score (nSPS) is 15.0. The van der Waals surface area contributed by atoms with Crippen molar-refractivity contribution in [3.05, 3.63) is 173 Å². The van der Waals surface area contributed by atoms with Crippen LogP contribution in [0.15, 0.2) is 144 Å². The van der Waals surface area contributed by atoms with E-state index in [1.54, 1.807) is 0 Å².